The number of carbonyl (C=O) groups is 3. The van der Waals surface area contributed by atoms with E-state index in [1.54, 1.807) is 13.0 Å². The molecule has 2 atom stereocenters. The number of fused-ring (bicyclic) bond motifs is 2. The molecule has 4 rings (SSSR count). The molecule has 0 radical (unpaired) electrons. The highest BCUT2D eigenvalue weighted by Crippen LogP contribution is 2.41. The quantitative estimate of drug-likeness (QED) is 0.430. The smallest absolute Gasteiger partial charge is 0.316 e. The molecule has 142 valence electrons. The summed E-state index contributed by atoms with van der Waals surface area (Å²) in [6.45, 7) is 2.14. The van der Waals surface area contributed by atoms with Gasteiger partial charge < -0.3 is 4.74 Å². The van der Waals surface area contributed by atoms with Crippen molar-refractivity contribution in [3.05, 3.63) is 18.2 Å². The SMILES string of the molecule is CCOC(=O)CSc1nc2ccc(N3C(=O)[C@H]4CCCC[C@H]4C3=O)cc2s1. The van der Waals surface area contributed by atoms with Crippen molar-refractivity contribution >= 4 is 56.8 Å². The zero-order chi connectivity index (χ0) is 19.0. The van der Waals surface area contributed by atoms with Crippen LogP contribution < -0.4 is 4.90 Å². The minimum absolute atomic E-state index is 0.0644. The molecule has 0 N–H and O–H groups in total. The van der Waals surface area contributed by atoms with Crippen LogP contribution in [0, 0.1) is 11.8 Å². The summed E-state index contributed by atoms with van der Waals surface area (Å²) < 4.78 is 6.59. The first-order valence-electron chi connectivity index (χ1n) is 9.15. The molecule has 1 aromatic heterocycles. The zero-order valence-corrected chi connectivity index (χ0v) is 16.6. The van der Waals surface area contributed by atoms with Crippen LogP contribution in [-0.4, -0.2) is 35.1 Å². The highest BCUT2D eigenvalue weighted by atomic mass is 32.2. The number of benzene rings is 1. The third-order valence-electron chi connectivity index (χ3n) is 5.07. The van der Waals surface area contributed by atoms with E-state index in [2.05, 4.69) is 4.98 Å². The Labute approximate surface area is 165 Å². The maximum atomic E-state index is 12.8. The van der Waals surface area contributed by atoms with Gasteiger partial charge in [-0.1, -0.05) is 24.6 Å². The number of esters is 1. The Bertz CT molecular complexity index is 886. The Balaban J connectivity index is 1.55. The number of hydrogen-bond donors (Lipinski definition) is 0. The van der Waals surface area contributed by atoms with E-state index in [0.717, 1.165) is 40.2 Å². The fourth-order valence-electron chi connectivity index (χ4n) is 3.83. The Hall–Kier alpha value is -1.93. The lowest BCUT2D eigenvalue weighted by atomic mass is 9.81. The summed E-state index contributed by atoms with van der Waals surface area (Å²) in [6, 6.07) is 5.47. The molecule has 8 heteroatoms. The van der Waals surface area contributed by atoms with E-state index in [1.807, 2.05) is 12.1 Å². The average molecular weight is 405 g/mol. The molecule has 1 saturated heterocycles. The highest BCUT2D eigenvalue weighted by Gasteiger charge is 2.48. The third-order valence-corrected chi connectivity index (χ3v) is 7.21. The predicted molar refractivity (Wildman–Crippen MR) is 105 cm³/mol. The number of ether oxygens (including phenoxy) is 1. The van der Waals surface area contributed by atoms with Gasteiger partial charge in [0, 0.05) is 0 Å². The van der Waals surface area contributed by atoms with E-state index in [-0.39, 0.29) is 35.4 Å². The summed E-state index contributed by atoms with van der Waals surface area (Å²) in [7, 11) is 0. The van der Waals surface area contributed by atoms with Crippen molar-refractivity contribution < 1.29 is 19.1 Å². The molecule has 6 nitrogen and oxygen atoms in total. The molecule has 0 bridgehead atoms. The van der Waals surface area contributed by atoms with Crippen LogP contribution in [0.3, 0.4) is 0 Å². The van der Waals surface area contributed by atoms with Crippen molar-refractivity contribution in [2.45, 2.75) is 36.9 Å². The lowest BCUT2D eigenvalue weighted by Crippen LogP contribution is -2.30. The van der Waals surface area contributed by atoms with Gasteiger partial charge in [-0.2, -0.15) is 0 Å². The van der Waals surface area contributed by atoms with Crippen LogP contribution in [0.5, 0.6) is 0 Å². The normalized spacial score (nSPS) is 22.3. The number of imide groups is 1. The number of amides is 2. The summed E-state index contributed by atoms with van der Waals surface area (Å²) in [5.74, 6) is -0.486. The molecule has 0 unspecified atom stereocenters. The molecule has 1 aliphatic heterocycles. The minimum atomic E-state index is -0.265. The van der Waals surface area contributed by atoms with Crippen molar-refractivity contribution in [3.8, 4) is 0 Å². The topological polar surface area (TPSA) is 76.6 Å². The number of nitrogens with zero attached hydrogens (tertiary/aromatic N) is 2. The van der Waals surface area contributed by atoms with E-state index < -0.39 is 0 Å². The lowest BCUT2D eigenvalue weighted by Gasteiger charge is -2.19. The maximum absolute atomic E-state index is 12.8. The summed E-state index contributed by atoms with van der Waals surface area (Å²) in [6.07, 6.45) is 3.65. The van der Waals surface area contributed by atoms with E-state index >= 15 is 0 Å². The Morgan fingerprint density at radius 1 is 1.26 bits per heavy atom. The van der Waals surface area contributed by atoms with Gasteiger partial charge in [0.15, 0.2) is 4.34 Å². The van der Waals surface area contributed by atoms with Crippen molar-refractivity contribution in [3.63, 3.8) is 0 Å². The average Bonchev–Trinajstić information content (AvgIpc) is 3.19. The van der Waals surface area contributed by atoms with E-state index in [0.29, 0.717) is 12.3 Å². The second-order valence-electron chi connectivity index (χ2n) is 6.73. The maximum Gasteiger partial charge on any atom is 0.316 e. The second-order valence-corrected chi connectivity index (χ2v) is 8.99. The van der Waals surface area contributed by atoms with Crippen LogP contribution in [0.15, 0.2) is 22.5 Å². The second kappa shape index (κ2) is 7.59. The molecule has 2 heterocycles. The number of anilines is 1. The first kappa shape index (κ1) is 18.4. The van der Waals surface area contributed by atoms with Crippen molar-refractivity contribution in [2.75, 3.05) is 17.3 Å². The van der Waals surface area contributed by atoms with Crippen molar-refractivity contribution in [1.29, 1.82) is 0 Å². The van der Waals surface area contributed by atoms with Crippen LogP contribution in [0.4, 0.5) is 5.69 Å². The first-order chi connectivity index (χ1) is 13.1. The van der Waals surface area contributed by atoms with Gasteiger partial charge in [-0.3, -0.25) is 19.3 Å². The number of hydrogen-bond acceptors (Lipinski definition) is 7. The molecular weight excluding hydrogens is 384 g/mol. The number of aromatic nitrogens is 1. The van der Waals surface area contributed by atoms with Crippen molar-refractivity contribution in [2.24, 2.45) is 11.8 Å². The van der Waals surface area contributed by atoms with Gasteiger partial charge in [0.05, 0.1) is 40.1 Å². The minimum Gasteiger partial charge on any atom is -0.465 e. The number of thioether (sulfide) groups is 1. The number of rotatable bonds is 5. The fraction of sp³-hybridized carbons (Fsp3) is 0.474. The van der Waals surface area contributed by atoms with Crippen molar-refractivity contribution in [1.82, 2.24) is 4.98 Å². The van der Waals surface area contributed by atoms with E-state index in [4.69, 9.17) is 4.74 Å². The van der Waals surface area contributed by atoms with Gasteiger partial charge >= 0.3 is 5.97 Å². The molecular formula is C19H20N2O4S2. The molecule has 2 amide bonds. The van der Waals surface area contributed by atoms with Crippen LogP contribution in [-0.2, 0) is 19.1 Å². The lowest BCUT2D eigenvalue weighted by molar-refractivity contribution is -0.139. The fourth-order valence-corrected chi connectivity index (χ4v) is 5.73. The predicted octanol–water partition coefficient (Wildman–Crippen LogP) is 3.63. The molecule has 2 fully saturated rings. The van der Waals surface area contributed by atoms with Gasteiger partial charge in [0.2, 0.25) is 11.8 Å². The monoisotopic (exact) mass is 404 g/mol. The number of thiazole rings is 1. The molecule has 1 aromatic carbocycles. The first-order valence-corrected chi connectivity index (χ1v) is 11.0. The van der Waals surface area contributed by atoms with Gasteiger partial charge in [-0.05, 0) is 38.0 Å². The zero-order valence-electron chi connectivity index (χ0n) is 15.0. The Kier molecular flexibility index (Phi) is 5.19. The summed E-state index contributed by atoms with van der Waals surface area (Å²) in [4.78, 5) is 42.9. The molecule has 1 saturated carbocycles. The Morgan fingerprint density at radius 3 is 2.63 bits per heavy atom. The van der Waals surface area contributed by atoms with Gasteiger partial charge in [-0.25, -0.2) is 4.98 Å². The number of carbonyl (C=O) groups excluding carboxylic acids is 3. The standard InChI is InChI=1S/C19H20N2O4S2/c1-2-25-16(22)10-26-19-20-14-8-7-11(9-15(14)27-19)21-17(23)12-5-3-4-6-13(12)18(21)24/h7-9,12-13H,2-6,10H2,1H3/t12-,13+. The molecule has 1 aliphatic carbocycles. The van der Waals surface area contributed by atoms with Gasteiger partial charge in [0.1, 0.15) is 0 Å². The van der Waals surface area contributed by atoms with E-state index in [1.165, 1.54) is 28.0 Å². The van der Waals surface area contributed by atoms with Crippen LogP contribution in [0.1, 0.15) is 32.6 Å². The molecule has 2 aliphatic rings. The summed E-state index contributed by atoms with van der Waals surface area (Å²) in [5.41, 5.74) is 1.42. The molecule has 2 aromatic rings. The molecule has 0 spiro atoms. The summed E-state index contributed by atoms with van der Waals surface area (Å²) in [5, 5.41) is 0. The van der Waals surface area contributed by atoms with E-state index in [9.17, 15) is 14.4 Å². The summed E-state index contributed by atoms with van der Waals surface area (Å²) >= 11 is 2.79. The molecule has 27 heavy (non-hydrogen) atoms. The largest absolute Gasteiger partial charge is 0.465 e. The van der Waals surface area contributed by atoms with Crippen LogP contribution >= 0.6 is 23.1 Å². The Morgan fingerprint density at radius 2 is 1.96 bits per heavy atom. The van der Waals surface area contributed by atoms with Gasteiger partial charge in [-0.15, -0.1) is 11.3 Å². The third kappa shape index (κ3) is 3.48. The van der Waals surface area contributed by atoms with Crippen LogP contribution in [0.25, 0.3) is 10.2 Å². The van der Waals surface area contributed by atoms with Crippen LogP contribution in [0.2, 0.25) is 0 Å². The van der Waals surface area contributed by atoms with Gasteiger partial charge in [0.25, 0.3) is 0 Å². The highest BCUT2D eigenvalue weighted by molar-refractivity contribution is 8.01.